The molecule has 0 saturated carbocycles. The van der Waals surface area contributed by atoms with Crippen LogP contribution in [0.25, 0.3) is 10.2 Å². The molecule has 0 amide bonds. The van der Waals surface area contributed by atoms with E-state index >= 15 is 0 Å². The Kier molecular flexibility index (Phi) is 3.01. The van der Waals surface area contributed by atoms with E-state index in [1.54, 1.807) is 11.3 Å². The van der Waals surface area contributed by atoms with Crippen LogP contribution in [0.1, 0.15) is 41.4 Å². The van der Waals surface area contributed by atoms with E-state index in [1.807, 2.05) is 6.92 Å². The Bertz CT molecular complexity index is 577. The van der Waals surface area contributed by atoms with E-state index in [2.05, 4.69) is 9.97 Å². The largest absolute Gasteiger partial charge is 0.220 e. The van der Waals surface area contributed by atoms with Gasteiger partial charge in [-0.3, -0.25) is 0 Å². The Morgan fingerprint density at radius 3 is 2.76 bits per heavy atom. The summed E-state index contributed by atoms with van der Waals surface area (Å²) < 4.78 is 0. The van der Waals surface area contributed by atoms with Crippen LogP contribution in [0.5, 0.6) is 0 Å². The van der Waals surface area contributed by atoms with Crippen molar-refractivity contribution in [3.05, 3.63) is 21.4 Å². The molecule has 0 fully saturated rings. The summed E-state index contributed by atoms with van der Waals surface area (Å²) in [5.41, 5.74) is 1.37. The molecule has 0 bridgehead atoms. The summed E-state index contributed by atoms with van der Waals surface area (Å²) in [7, 11) is 0. The third-order valence-electron chi connectivity index (χ3n) is 3.14. The lowest BCUT2D eigenvalue weighted by molar-refractivity contribution is 0.700. The highest BCUT2D eigenvalue weighted by molar-refractivity contribution is 7.19. The zero-order valence-corrected chi connectivity index (χ0v) is 11.8. The van der Waals surface area contributed by atoms with E-state index in [4.69, 9.17) is 23.2 Å². The molecule has 0 aromatic carbocycles. The third kappa shape index (κ3) is 1.94. The van der Waals surface area contributed by atoms with Gasteiger partial charge in [-0.05, 0) is 38.2 Å². The average molecular weight is 287 g/mol. The summed E-state index contributed by atoms with van der Waals surface area (Å²) in [6.45, 7) is 1.87. The molecule has 2 aromatic heterocycles. The Morgan fingerprint density at radius 1 is 1.24 bits per heavy atom. The zero-order valence-electron chi connectivity index (χ0n) is 9.46. The van der Waals surface area contributed by atoms with Gasteiger partial charge < -0.3 is 0 Å². The number of hydrogen-bond acceptors (Lipinski definition) is 3. The fourth-order valence-corrected chi connectivity index (χ4v) is 4.02. The minimum atomic E-state index is -0.198. The van der Waals surface area contributed by atoms with Crippen LogP contribution in [0.4, 0.5) is 0 Å². The van der Waals surface area contributed by atoms with Gasteiger partial charge in [0, 0.05) is 4.88 Å². The summed E-state index contributed by atoms with van der Waals surface area (Å²) in [5, 5.41) is 1.43. The van der Waals surface area contributed by atoms with Crippen LogP contribution in [-0.2, 0) is 12.8 Å². The molecule has 2 aromatic rings. The number of rotatable bonds is 1. The molecule has 0 spiro atoms. The summed E-state index contributed by atoms with van der Waals surface area (Å²) in [6.07, 6.45) is 4.76. The van der Waals surface area contributed by atoms with Crippen molar-refractivity contribution < 1.29 is 0 Å². The molecule has 5 heteroatoms. The Morgan fingerprint density at radius 2 is 2.00 bits per heavy atom. The van der Waals surface area contributed by atoms with Crippen molar-refractivity contribution in [1.29, 1.82) is 0 Å². The van der Waals surface area contributed by atoms with Crippen LogP contribution < -0.4 is 0 Å². The molecular formula is C12H12Cl2N2S. The smallest absolute Gasteiger partial charge is 0.149 e. The van der Waals surface area contributed by atoms with E-state index in [1.165, 1.54) is 23.3 Å². The second kappa shape index (κ2) is 4.38. The van der Waals surface area contributed by atoms with Crippen molar-refractivity contribution >= 4 is 44.8 Å². The molecule has 0 aliphatic heterocycles. The normalized spacial score (nSPS) is 17.1. The summed E-state index contributed by atoms with van der Waals surface area (Å²) in [6, 6.07) is 0. The van der Waals surface area contributed by atoms with E-state index in [0.29, 0.717) is 11.0 Å². The SMILES string of the molecule is CC(Cl)c1nc(Cl)c2c3c(sc2n1)CCCC3. The summed E-state index contributed by atoms with van der Waals surface area (Å²) >= 11 is 14.1. The third-order valence-corrected chi connectivity index (χ3v) is 4.80. The quantitative estimate of drug-likeness (QED) is 0.569. The Balaban J connectivity index is 2.27. The molecular weight excluding hydrogens is 275 g/mol. The lowest BCUT2D eigenvalue weighted by Crippen LogP contribution is -1.99. The Hall–Kier alpha value is -0.380. The molecule has 0 radical (unpaired) electrons. The molecule has 1 unspecified atom stereocenters. The van der Waals surface area contributed by atoms with Crippen LogP contribution in [0.3, 0.4) is 0 Å². The second-order valence-electron chi connectivity index (χ2n) is 4.38. The first kappa shape index (κ1) is 11.7. The number of aromatic nitrogens is 2. The minimum absolute atomic E-state index is 0.198. The summed E-state index contributed by atoms with van der Waals surface area (Å²) in [5.74, 6) is 0.628. The second-order valence-corrected chi connectivity index (χ2v) is 6.48. The minimum Gasteiger partial charge on any atom is -0.220 e. The predicted molar refractivity (Wildman–Crippen MR) is 73.3 cm³/mol. The fourth-order valence-electron chi connectivity index (χ4n) is 2.31. The zero-order chi connectivity index (χ0) is 12.0. The highest BCUT2D eigenvalue weighted by Crippen LogP contribution is 2.39. The predicted octanol–water partition coefficient (Wildman–Crippen LogP) is 4.52. The molecule has 0 saturated heterocycles. The first-order chi connectivity index (χ1) is 8.16. The van der Waals surface area contributed by atoms with Crippen molar-refractivity contribution in [2.45, 2.75) is 38.0 Å². The maximum Gasteiger partial charge on any atom is 0.149 e. The molecule has 1 aliphatic carbocycles. The number of thiophene rings is 1. The lowest BCUT2D eigenvalue weighted by atomic mass is 9.97. The van der Waals surface area contributed by atoms with Gasteiger partial charge in [0.25, 0.3) is 0 Å². The molecule has 17 heavy (non-hydrogen) atoms. The van der Waals surface area contributed by atoms with E-state index in [9.17, 15) is 0 Å². The van der Waals surface area contributed by atoms with E-state index < -0.39 is 0 Å². The lowest BCUT2D eigenvalue weighted by Gasteiger charge is -2.10. The number of aryl methyl sites for hydroxylation is 2. The van der Waals surface area contributed by atoms with Crippen molar-refractivity contribution in [3.63, 3.8) is 0 Å². The fraction of sp³-hybridized carbons (Fsp3) is 0.500. The van der Waals surface area contributed by atoms with Gasteiger partial charge in [0.05, 0.1) is 10.8 Å². The molecule has 3 rings (SSSR count). The van der Waals surface area contributed by atoms with Gasteiger partial charge in [-0.25, -0.2) is 9.97 Å². The van der Waals surface area contributed by atoms with Gasteiger partial charge >= 0.3 is 0 Å². The summed E-state index contributed by atoms with van der Waals surface area (Å²) in [4.78, 5) is 11.3. The number of halogens is 2. The van der Waals surface area contributed by atoms with E-state index in [0.717, 1.165) is 23.1 Å². The van der Waals surface area contributed by atoms with Gasteiger partial charge in [0.2, 0.25) is 0 Å². The van der Waals surface area contributed by atoms with Crippen molar-refractivity contribution in [1.82, 2.24) is 9.97 Å². The van der Waals surface area contributed by atoms with Gasteiger partial charge in [0.1, 0.15) is 15.8 Å². The van der Waals surface area contributed by atoms with Gasteiger partial charge in [-0.2, -0.15) is 0 Å². The number of fused-ring (bicyclic) bond motifs is 3. The topological polar surface area (TPSA) is 25.8 Å². The standard InChI is InChI=1S/C12H12Cl2N2S/c1-6(13)11-15-10(14)9-7-4-2-3-5-8(7)17-12(9)16-11/h6H,2-5H2,1H3. The van der Waals surface area contributed by atoms with Crippen LogP contribution in [-0.4, -0.2) is 9.97 Å². The maximum absolute atomic E-state index is 6.28. The van der Waals surface area contributed by atoms with Crippen molar-refractivity contribution in [2.75, 3.05) is 0 Å². The average Bonchev–Trinajstić information content (AvgIpc) is 2.67. The molecule has 2 nitrogen and oxygen atoms in total. The highest BCUT2D eigenvalue weighted by Gasteiger charge is 2.21. The monoisotopic (exact) mass is 286 g/mol. The first-order valence-electron chi connectivity index (χ1n) is 5.78. The number of alkyl halides is 1. The molecule has 1 aliphatic rings. The van der Waals surface area contributed by atoms with Crippen LogP contribution in [0.2, 0.25) is 5.15 Å². The molecule has 0 N–H and O–H groups in total. The molecule has 90 valence electrons. The van der Waals surface area contributed by atoms with Crippen LogP contribution in [0, 0.1) is 0 Å². The molecule has 2 heterocycles. The van der Waals surface area contributed by atoms with Crippen molar-refractivity contribution in [3.8, 4) is 0 Å². The number of hydrogen-bond donors (Lipinski definition) is 0. The maximum atomic E-state index is 6.28. The van der Waals surface area contributed by atoms with Gasteiger partial charge in [-0.15, -0.1) is 22.9 Å². The molecule has 1 atom stereocenters. The van der Waals surface area contributed by atoms with Gasteiger partial charge in [0.15, 0.2) is 0 Å². The van der Waals surface area contributed by atoms with E-state index in [-0.39, 0.29) is 5.38 Å². The van der Waals surface area contributed by atoms with Gasteiger partial charge in [-0.1, -0.05) is 11.6 Å². The number of nitrogens with zero attached hydrogens (tertiary/aromatic N) is 2. The Labute approximate surface area is 114 Å². The first-order valence-corrected chi connectivity index (χ1v) is 7.41. The van der Waals surface area contributed by atoms with Crippen LogP contribution in [0.15, 0.2) is 0 Å². The van der Waals surface area contributed by atoms with Crippen LogP contribution >= 0.6 is 34.5 Å². The van der Waals surface area contributed by atoms with Crippen molar-refractivity contribution in [2.24, 2.45) is 0 Å². The highest BCUT2D eigenvalue weighted by atomic mass is 35.5.